The number of likely N-dealkylation sites (N-methyl/N-ethyl adjacent to an activating group) is 1. The molecule has 0 aliphatic rings. The fourth-order valence-electron chi connectivity index (χ4n) is 5.12. The lowest BCUT2D eigenvalue weighted by Gasteiger charge is -2.37. The van der Waals surface area contributed by atoms with Crippen LogP contribution in [0.3, 0.4) is 0 Å². The third-order valence-electron chi connectivity index (χ3n) is 7.58. The van der Waals surface area contributed by atoms with Crippen molar-refractivity contribution in [2.24, 2.45) is 0 Å². The number of Topliss-reactive ketones (excluding diaryl/α,β-unsaturated/α-hetero) is 1. The molecule has 0 spiro atoms. The summed E-state index contributed by atoms with van der Waals surface area (Å²) in [6.45, 7) is 5.32. The zero-order valence-electron chi connectivity index (χ0n) is 23.7. The van der Waals surface area contributed by atoms with Gasteiger partial charge in [-0.1, -0.05) is 97.3 Å². The standard InChI is InChI=1S/C31H53NO4/c1-5-7-9-10-11-12-13-14-15-16-17-18-19-20-24-32(3,4)28(21-8-6-2)30(34)26-22-23-29(33)27(25-26)31(35)36/h22-23,25,28H,5-21,24H2,1-4H3,(H-,33,34,35,36)/p+1. The monoisotopic (exact) mass is 504 g/mol. The molecule has 0 saturated heterocycles. The van der Waals surface area contributed by atoms with E-state index < -0.39 is 5.97 Å². The van der Waals surface area contributed by atoms with Crippen molar-refractivity contribution in [3.05, 3.63) is 29.3 Å². The Morgan fingerprint density at radius 2 is 1.22 bits per heavy atom. The minimum Gasteiger partial charge on any atom is -0.507 e. The summed E-state index contributed by atoms with van der Waals surface area (Å²) >= 11 is 0. The maximum absolute atomic E-state index is 13.4. The highest BCUT2D eigenvalue weighted by Crippen LogP contribution is 2.24. The van der Waals surface area contributed by atoms with Gasteiger partial charge in [0.1, 0.15) is 11.3 Å². The number of quaternary nitrogens is 1. The minimum absolute atomic E-state index is 0.0266. The van der Waals surface area contributed by atoms with Crippen LogP contribution in [0.25, 0.3) is 0 Å². The van der Waals surface area contributed by atoms with Crippen molar-refractivity contribution >= 4 is 11.8 Å². The molecule has 0 saturated carbocycles. The van der Waals surface area contributed by atoms with Gasteiger partial charge in [0.15, 0.2) is 6.04 Å². The maximum atomic E-state index is 13.4. The summed E-state index contributed by atoms with van der Waals surface area (Å²) in [6.07, 6.45) is 21.4. The normalized spacial score (nSPS) is 12.6. The zero-order valence-corrected chi connectivity index (χ0v) is 23.7. The number of carboxylic acid groups (broad SMARTS) is 1. The van der Waals surface area contributed by atoms with Crippen LogP contribution in [-0.2, 0) is 0 Å². The number of unbranched alkanes of at least 4 members (excludes halogenated alkanes) is 14. The summed E-state index contributed by atoms with van der Waals surface area (Å²) in [5, 5.41) is 19.2. The zero-order chi connectivity index (χ0) is 26.8. The molecule has 36 heavy (non-hydrogen) atoms. The topological polar surface area (TPSA) is 74.6 Å². The quantitative estimate of drug-likeness (QED) is 0.0944. The van der Waals surface area contributed by atoms with Crippen LogP contribution in [0.15, 0.2) is 18.2 Å². The van der Waals surface area contributed by atoms with E-state index in [1.807, 2.05) is 0 Å². The Kier molecular flexibility index (Phi) is 16.4. The van der Waals surface area contributed by atoms with Gasteiger partial charge in [0.25, 0.3) is 0 Å². The van der Waals surface area contributed by atoms with Crippen LogP contribution in [-0.4, -0.2) is 53.1 Å². The van der Waals surface area contributed by atoms with E-state index in [1.54, 1.807) is 6.07 Å². The van der Waals surface area contributed by atoms with Crippen LogP contribution >= 0.6 is 0 Å². The second kappa shape index (κ2) is 18.4. The van der Waals surface area contributed by atoms with Gasteiger partial charge in [-0.2, -0.15) is 0 Å². The molecule has 1 aromatic carbocycles. The van der Waals surface area contributed by atoms with Crippen LogP contribution in [0.2, 0.25) is 0 Å². The fourth-order valence-corrected chi connectivity index (χ4v) is 5.12. The average Bonchev–Trinajstić information content (AvgIpc) is 2.84. The van der Waals surface area contributed by atoms with Crippen molar-refractivity contribution in [1.29, 1.82) is 0 Å². The van der Waals surface area contributed by atoms with Crippen molar-refractivity contribution in [3.63, 3.8) is 0 Å². The van der Waals surface area contributed by atoms with Gasteiger partial charge in [-0.05, 0) is 37.5 Å². The highest BCUT2D eigenvalue weighted by Gasteiger charge is 2.35. The fraction of sp³-hybridized carbons (Fsp3) is 0.742. The Bertz CT molecular complexity index is 759. The molecule has 0 aliphatic heterocycles. The molecule has 206 valence electrons. The summed E-state index contributed by atoms with van der Waals surface area (Å²) in [5.41, 5.74) is 0.158. The lowest BCUT2D eigenvalue weighted by atomic mass is 9.94. The minimum atomic E-state index is -1.22. The first-order valence-corrected chi connectivity index (χ1v) is 14.7. The molecule has 1 unspecified atom stereocenters. The Labute approximate surface area is 220 Å². The third kappa shape index (κ3) is 12.4. The summed E-state index contributed by atoms with van der Waals surface area (Å²) < 4.78 is 0.611. The van der Waals surface area contributed by atoms with Gasteiger partial charge in [0.05, 0.1) is 20.6 Å². The molecule has 0 amide bonds. The van der Waals surface area contributed by atoms with Gasteiger partial charge in [-0.25, -0.2) is 4.79 Å². The molecule has 0 aromatic heterocycles. The summed E-state index contributed by atoms with van der Waals surface area (Å²) in [6, 6.07) is 3.99. The number of aromatic hydroxyl groups is 1. The van der Waals surface area contributed by atoms with Gasteiger partial charge in [0.2, 0.25) is 5.78 Å². The number of rotatable bonds is 22. The molecule has 2 N–H and O–H groups in total. The summed E-state index contributed by atoms with van der Waals surface area (Å²) in [5.74, 6) is -1.55. The van der Waals surface area contributed by atoms with Crippen molar-refractivity contribution in [2.45, 2.75) is 129 Å². The number of hydrogen-bond donors (Lipinski definition) is 2. The van der Waals surface area contributed by atoms with Gasteiger partial charge in [0, 0.05) is 12.0 Å². The second-order valence-corrected chi connectivity index (χ2v) is 11.2. The van der Waals surface area contributed by atoms with Gasteiger partial charge < -0.3 is 14.7 Å². The van der Waals surface area contributed by atoms with Gasteiger partial charge in [-0.15, -0.1) is 0 Å². The number of ketones is 1. The van der Waals surface area contributed by atoms with Gasteiger partial charge in [-0.3, -0.25) is 4.79 Å². The van der Waals surface area contributed by atoms with E-state index in [4.69, 9.17) is 0 Å². The molecule has 1 aromatic rings. The smallest absolute Gasteiger partial charge is 0.339 e. The average molecular weight is 505 g/mol. The van der Waals surface area contributed by atoms with E-state index in [0.717, 1.165) is 32.2 Å². The Hall–Kier alpha value is -1.88. The molecule has 5 nitrogen and oxygen atoms in total. The summed E-state index contributed by atoms with van der Waals surface area (Å²) in [7, 11) is 4.25. The van der Waals surface area contributed by atoms with E-state index in [0.29, 0.717) is 10.0 Å². The molecule has 5 heteroatoms. The van der Waals surface area contributed by atoms with Crippen molar-refractivity contribution in [3.8, 4) is 5.75 Å². The highest BCUT2D eigenvalue weighted by molar-refractivity contribution is 6.02. The molecular weight excluding hydrogens is 450 g/mol. The third-order valence-corrected chi connectivity index (χ3v) is 7.58. The van der Waals surface area contributed by atoms with Crippen LogP contribution in [0.5, 0.6) is 5.75 Å². The number of carbonyl (C=O) groups is 2. The van der Waals surface area contributed by atoms with Crippen LogP contribution < -0.4 is 0 Å². The first-order chi connectivity index (χ1) is 17.2. The van der Waals surface area contributed by atoms with E-state index in [9.17, 15) is 19.8 Å². The first-order valence-electron chi connectivity index (χ1n) is 14.7. The number of nitrogens with zero attached hydrogens (tertiary/aromatic N) is 1. The Morgan fingerprint density at radius 1 is 0.750 bits per heavy atom. The number of hydrogen-bond acceptors (Lipinski definition) is 3. The molecule has 1 atom stereocenters. The van der Waals surface area contributed by atoms with E-state index in [1.165, 1.54) is 95.6 Å². The van der Waals surface area contributed by atoms with Crippen molar-refractivity contribution < 1.29 is 24.3 Å². The molecule has 0 bridgehead atoms. The van der Waals surface area contributed by atoms with Gasteiger partial charge >= 0.3 is 5.97 Å². The van der Waals surface area contributed by atoms with E-state index >= 15 is 0 Å². The van der Waals surface area contributed by atoms with Crippen LogP contribution in [0, 0.1) is 0 Å². The summed E-state index contributed by atoms with van der Waals surface area (Å²) in [4.78, 5) is 24.9. The highest BCUT2D eigenvalue weighted by atomic mass is 16.4. The van der Waals surface area contributed by atoms with E-state index in [-0.39, 0.29) is 23.1 Å². The van der Waals surface area contributed by atoms with Crippen LogP contribution in [0.4, 0.5) is 0 Å². The molecule has 1 rings (SSSR count). The number of carbonyl (C=O) groups excluding carboxylic acids is 1. The second-order valence-electron chi connectivity index (χ2n) is 11.2. The van der Waals surface area contributed by atoms with Crippen molar-refractivity contribution in [2.75, 3.05) is 20.6 Å². The number of phenols is 1. The van der Waals surface area contributed by atoms with Crippen LogP contribution in [0.1, 0.15) is 144 Å². The molecule has 0 radical (unpaired) electrons. The Balaban J connectivity index is 2.42. The predicted octanol–water partition coefficient (Wildman–Crippen LogP) is 8.39. The molecule has 0 aliphatic carbocycles. The maximum Gasteiger partial charge on any atom is 0.339 e. The number of carboxylic acids is 1. The number of benzene rings is 1. The predicted molar refractivity (Wildman–Crippen MR) is 150 cm³/mol. The van der Waals surface area contributed by atoms with E-state index in [2.05, 4.69) is 27.9 Å². The molecule has 0 fully saturated rings. The Morgan fingerprint density at radius 3 is 1.69 bits per heavy atom. The largest absolute Gasteiger partial charge is 0.507 e. The lowest BCUT2D eigenvalue weighted by Crippen LogP contribution is -2.53. The SMILES string of the molecule is CCCCCCCCCCCCCCCC[N+](C)(C)C(CCCC)C(=O)c1ccc(O)c(C(=O)O)c1. The van der Waals surface area contributed by atoms with Crippen molar-refractivity contribution in [1.82, 2.24) is 0 Å². The molecule has 0 heterocycles. The first kappa shape index (κ1) is 32.1. The number of aromatic carboxylic acids is 1. The molecular formula is C31H54NO4+. The lowest BCUT2D eigenvalue weighted by molar-refractivity contribution is -0.905.